The smallest absolute Gasteiger partial charge is 0.203 e. The van der Waals surface area contributed by atoms with Gasteiger partial charge in [0.2, 0.25) is 5.28 Å². The predicted molar refractivity (Wildman–Crippen MR) is 74.0 cm³/mol. The van der Waals surface area contributed by atoms with E-state index in [-0.39, 0.29) is 0 Å². The molecule has 2 aromatic rings. The number of hydrogen-bond donors (Lipinski definition) is 0. The second kappa shape index (κ2) is 4.57. The van der Waals surface area contributed by atoms with E-state index in [0.717, 1.165) is 24.1 Å². The van der Waals surface area contributed by atoms with Crippen LogP contribution in [0.15, 0.2) is 12.1 Å². The summed E-state index contributed by atoms with van der Waals surface area (Å²) >= 11 is 6.12. The Balaban J connectivity index is 2.76. The highest BCUT2D eigenvalue weighted by molar-refractivity contribution is 6.29. The molecule has 0 spiro atoms. The highest BCUT2D eigenvalue weighted by Gasteiger charge is 2.15. The van der Waals surface area contributed by atoms with Gasteiger partial charge < -0.3 is 9.47 Å². The first-order valence-corrected chi connectivity index (χ1v) is 6.34. The van der Waals surface area contributed by atoms with E-state index in [9.17, 15) is 0 Å². The largest absolute Gasteiger partial charge is 0.370 e. The summed E-state index contributed by atoms with van der Waals surface area (Å²) in [5.41, 5.74) is 4.50. The van der Waals surface area contributed by atoms with Crippen molar-refractivity contribution in [3.63, 3.8) is 0 Å². The number of anilines is 1. The summed E-state index contributed by atoms with van der Waals surface area (Å²) in [5, 5.41) is 0.544. The standard InChI is InChI=1S/C13H18ClN3/c1-5-17(6-2)10-8-7-9(3)11-12(10)16(4)13(14)15-11/h7-8H,5-6H2,1-4H3. The van der Waals surface area contributed by atoms with Gasteiger partial charge >= 0.3 is 0 Å². The van der Waals surface area contributed by atoms with Crippen molar-refractivity contribution in [2.24, 2.45) is 7.05 Å². The Bertz CT molecular complexity index is 541. The second-order valence-corrected chi connectivity index (χ2v) is 4.55. The summed E-state index contributed by atoms with van der Waals surface area (Å²) in [6, 6.07) is 4.27. The molecule has 1 heterocycles. The number of nitrogens with zero attached hydrogens (tertiary/aromatic N) is 3. The fourth-order valence-corrected chi connectivity index (χ4v) is 2.39. The number of aromatic nitrogens is 2. The molecule has 1 aromatic carbocycles. The van der Waals surface area contributed by atoms with Crippen molar-refractivity contribution in [1.29, 1.82) is 0 Å². The molecule has 17 heavy (non-hydrogen) atoms. The fraction of sp³-hybridized carbons (Fsp3) is 0.462. The van der Waals surface area contributed by atoms with Gasteiger partial charge in [0.1, 0.15) is 0 Å². The quantitative estimate of drug-likeness (QED) is 0.834. The highest BCUT2D eigenvalue weighted by atomic mass is 35.5. The Kier molecular flexibility index (Phi) is 3.29. The Labute approximate surface area is 107 Å². The van der Waals surface area contributed by atoms with Crippen molar-refractivity contribution in [3.8, 4) is 0 Å². The van der Waals surface area contributed by atoms with Crippen molar-refractivity contribution >= 4 is 28.3 Å². The third kappa shape index (κ3) is 1.89. The zero-order valence-corrected chi connectivity index (χ0v) is 11.5. The van der Waals surface area contributed by atoms with E-state index in [0.29, 0.717) is 5.28 Å². The predicted octanol–water partition coefficient (Wildman–Crippen LogP) is 3.38. The van der Waals surface area contributed by atoms with Crippen LogP contribution in [0.4, 0.5) is 5.69 Å². The first-order chi connectivity index (χ1) is 8.10. The van der Waals surface area contributed by atoms with Gasteiger partial charge in [-0.25, -0.2) is 4.98 Å². The lowest BCUT2D eigenvalue weighted by molar-refractivity contribution is 0.860. The van der Waals surface area contributed by atoms with Crippen LogP contribution in [-0.4, -0.2) is 22.6 Å². The van der Waals surface area contributed by atoms with E-state index in [4.69, 9.17) is 11.6 Å². The van der Waals surface area contributed by atoms with Crippen LogP contribution in [0.5, 0.6) is 0 Å². The second-order valence-electron chi connectivity index (χ2n) is 4.21. The lowest BCUT2D eigenvalue weighted by Gasteiger charge is -2.22. The van der Waals surface area contributed by atoms with E-state index in [1.54, 1.807) is 0 Å². The van der Waals surface area contributed by atoms with Gasteiger partial charge in [0, 0.05) is 20.1 Å². The van der Waals surface area contributed by atoms with Crippen LogP contribution in [0.25, 0.3) is 11.0 Å². The van der Waals surface area contributed by atoms with E-state index in [1.807, 2.05) is 11.6 Å². The van der Waals surface area contributed by atoms with Crippen LogP contribution in [0.2, 0.25) is 5.28 Å². The maximum Gasteiger partial charge on any atom is 0.203 e. The lowest BCUT2D eigenvalue weighted by atomic mass is 10.1. The number of rotatable bonds is 3. The normalized spacial score (nSPS) is 11.1. The highest BCUT2D eigenvalue weighted by Crippen LogP contribution is 2.30. The van der Waals surface area contributed by atoms with E-state index in [2.05, 4.69) is 42.8 Å². The zero-order chi connectivity index (χ0) is 12.6. The topological polar surface area (TPSA) is 21.1 Å². The van der Waals surface area contributed by atoms with Crippen molar-refractivity contribution in [1.82, 2.24) is 9.55 Å². The van der Waals surface area contributed by atoms with E-state index in [1.165, 1.54) is 11.3 Å². The molecule has 0 bridgehead atoms. The first-order valence-electron chi connectivity index (χ1n) is 5.96. The molecule has 4 heteroatoms. The van der Waals surface area contributed by atoms with E-state index >= 15 is 0 Å². The number of imidazole rings is 1. The van der Waals surface area contributed by atoms with Gasteiger partial charge in [-0.05, 0) is 44.0 Å². The maximum absolute atomic E-state index is 6.12. The van der Waals surface area contributed by atoms with Crippen LogP contribution < -0.4 is 4.90 Å². The average molecular weight is 252 g/mol. The Morgan fingerprint density at radius 1 is 1.29 bits per heavy atom. The van der Waals surface area contributed by atoms with Gasteiger partial charge in [-0.15, -0.1) is 0 Å². The number of aryl methyl sites for hydroxylation is 2. The molecule has 3 nitrogen and oxygen atoms in total. The molecule has 92 valence electrons. The molecule has 0 saturated carbocycles. The minimum Gasteiger partial charge on any atom is -0.370 e. The van der Waals surface area contributed by atoms with Crippen LogP contribution in [0.1, 0.15) is 19.4 Å². The molecular formula is C13H18ClN3. The summed E-state index contributed by atoms with van der Waals surface area (Å²) < 4.78 is 1.96. The molecule has 0 aliphatic heterocycles. The molecule has 0 N–H and O–H groups in total. The Morgan fingerprint density at radius 3 is 2.53 bits per heavy atom. The van der Waals surface area contributed by atoms with Crippen LogP contribution in [-0.2, 0) is 7.05 Å². The fourth-order valence-electron chi connectivity index (χ4n) is 2.22. The molecule has 0 fully saturated rings. The van der Waals surface area contributed by atoms with Crippen LogP contribution in [0, 0.1) is 6.92 Å². The first kappa shape index (κ1) is 12.2. The van der Waals surface area contributed by atoms with E-state index < -0.39 is 0 Å². The van der Waals surface area contributed by atoms with Crippen molar-refractivity contribution in [2.45, 2.75) is 20.8 Å². The third-order valence-corrected chi connectivity index (χ3v) is 3.59. The minimum absolute atomic E-state index is 0.544. The zero-order valence-electron chi connectivity index (χ0n) is 10.8. The third-order valence-electron chi connectivity index (χ3n) is 3.25. The molecule has 0 radical (unpaired) electrons. The summed E-state index contributed by atoms with van der Waals surface area (Å²) in [4.78, 5) is 6.74. The summed E-state index contributed by atoms with van der Waals surface area (Å²) in [6.07, 6.45) is 0. The maximum atomic E-state index is 6.12. The lowest BCUT2D eigenvalue weighted by Crippen LogP contribution is -2.22. The molecular weight excluding hydrogens is 234 g/mol. The van der Waals surface area contributed by atoms with Crippen molar-refractivity contribution < 1.29 is 0 Å². The van der Waals surface area contributed by atoms with Gasteiger partial charge in [0.25, 0.3) is 0 Å². The monoisotopic (exact) mass is 251 g/mol. The summed E-state index contributed by atoms with van der Waals surface area (Å²) in [6.45, 7) is 8.35. The van der Waals surface area contributed by atoms with Crippen molar-refractivity contribution in [2.75, 3.05) is 18.0 Å². The van der Waals surface area contributed by atoms with Gasteiger partial charge in [-0.2, -0.15) is 0 Å². The SMILES string of the molecule is CCN(CC)c1ccc(C)c2nc(Cl)n(C)c12. The van der Waals surface area contributed by atoms with Gasteiger partial charge in [0.05, 0.1) is 16.7 Å². The van der Waals surface area contributed by atoms with Gasteiger partial charge in [-0.1, -0.05) is 6.07 Å². The molecule has 0 aliphatic carbocycles. The minimum atomic E-state index is 0.544. The Hall–Kier alpha value is -1.22. The molecule has 0 unspecified atom stereocenters. The number of benzene rings is 1. The number of hydrogen-bond acceptors (Lipinski definition) is 2. The van der Waals surface area contributed by atoms with Crippen molar-refractivity contribution in [3.05, 3.63) is 23.0 Å². The summed E-state index contributed by atoms with van der Waals surface area (Å²) in [5.74, 6) is 0. The molecule has 0 atom stereocenters. The number of fused-ring (bicyclic) bond motifs is 1. The molecule has 0 amide bonds. The van der Waals surface area contributed by atoms with Gasteiger partial charge in [0.15, 0.2) is 0 Å². The molecule has 0 saturated heterocycles. The van der Waals surface area contributed by atoms with Gasteiger partial charge in [-0.3, -0.25) is 0 Å². The van der Waals surface area contributed by atoms with Crippen LogP contribution in [0.3, 0.4) is 0 Å². The average Bonchev–Trinajstić information content (AvgIpc) is 2.62. The summed E-state index contributed by atoms with van der Waals surface area (Å²) in [7, 11) is 1.96. The number of halogens is 1. The van der Waals surface area contributed by atoms with Crippen LogP contribution >= 0.6 is 11.6 Å². The molecule has 2 rings (SSSR count). The molecule has 0 aliphatic rings. The Morgan fingerprint density at radius 2 is 1.94 bits per heavy atom. The molecule has 1 aromatic heterocycles.